The molecule has 0 bridgehead atoms. The maximum Gasteiger partial charge on any atom is 0.247 e. The van der Waals surface area contributed by atoms with Gasteiger partial charge in [0, 0.05) is 116 Å². The average molecular weight is 1700 g/mol. The predicted molar refractivity (Wildman–Crippen MR) is 479 cm³/mol. The molecule has 12 aromatic rings. The fraction of sp³-hybridized carbons (Fsp3) is 0.154. The number of ether oxygens (including phenoxy) is 5. The van der Waals surface area contributed by atoms with E-state index in [0.29, 0.717) is 106 Å². The van der Waals surface area contributed by atoms with Crippen molar-refractivity contribution in [3.8, 4) is 23.0 Å². The number of nitrogens with one attached hydrogen (secondary N) is 10. The first kappa shape index (κ1) is 92.8. The van der Waals surface area contributed by atoms with E-state index in [2.05, 4.69) is 119 Å². The Bertz CT molecular complexity index is 5730. The molecule has 0 unspecified atom stereocenters. The molecule has 0 saturated heterocycles. The second kappa shape index (κ2) is 46.5. The molecule has 0 saturated carbocycles. The standard InChI is InChI=1S/C24H25N5O4.C23H24FN5O3.2C22H22FN5O2/c1-4-22(31)26-18-6-5-7-19(14-18)27-23-21(16(2)30)15-25-24(29-23)28-17-8-10-20(11-9-17)33-13-12-32-3;1-4-20(30)26-15-7-5-8-16(11-15)27-21-19(24)13-25-22(29-21)28-17-9-6-10-18(12-17)32-14-23(2,3)31;1-4-20(29)28(2)14-15-7-5-8-16(11-15)25-21-19(23)13-24-22(27-21)26-17-9-6-10-18(12-17)30-3;1-4-20(29)28(2)14-15-8-10-16(11-9-15)25-21-19(23)13-24-22(27-21)26-17-6-5-7-18(12-17)30-3/h4-11,14-15H,1,12-13H2,2-3H3,(H,26,31)(H2,25,27,28,29);4-13,31H,1,14H2,2-3H3,(H,26,30)(H2,25,27,28,29);2*4-13H,1,14H2,2-3H3,(H2,24,25,26,27). The van der Waals surface area contributed by atoms with Crippen molar-refractivity contribution in [1.82, 2.24) is 49.7 Å². The number of halogens is 3. The van der Waals surface area contributed by atoms with Crippen LogP contribution in [0.3, 0.4) is 0 Å². The van der Waals surface area contributed by atoms with Gasteiger partial charge < -0.3 is 91.8 Å². The van der Waals surface area contributed by atoms with Crippen molar-refractivity contribution < 1.29 is 65.9 Å². The number of ketones is 1. The lowest BCUT2D eigenvalue weighted by molar-refractivity contribution is -0.126. The zero-order chi connectivity index (χ0) is 89.8. The molecule has 644 valence electrons. The smallest absolute Gasteiger partial charge is 0.247 e. The fourth-order valence-electron chi connectivity index (χ4n) is 10.8. The van der Waals surface area contributed by atoms with E-state index < -0.39 is 23.1 Å². The molecule has 4 amide bonds. The van der Waals surface area contributed by atoms with E-state index in [1.165, 1.54) is 36.2 Å². The summed E-state index contributed by atoms with van der Waals surface area (Å²) in [7, 11) is 8.16. The molecule has 4 aromatic heterocycles. The van der Waals surface area contributed by atoms with Gasteiger partial charge in [0.2, 0.25) is 47.4 Å². The van der Waals surface area contributed by atoms with Crippen LogP contribution in [0.5, 0.6) is 23.0 Å². The Labute approximate surface area is 720 Å². The molecular weight excluding hydrogens is 1610 g/mol. The minimum absolute atomic E-state index is 0.0306. The van der Waals surface area contributed by atoms with Crippen molar-refractivity contribution in [3.63, 3.8) is 0 Å². The minimum atomic E-state index is -0.962. The van der Waals surface area contributed by atoms with E-state index in [1.54, 1.807) is 157 Å². The van der Waals surface area contributed by atoms with Crippen molar-refractivity contribution in [2.75, 3.05) is 108 Å². The molecule has 31 nitrogen and oxygen atoms in total. The largest absolute Gasteiger partial charge is 0.497 e. The van der Waals surface area contributed by atoms with Crippen LogP contribution in [0.15, 0.2) is 270 Å². The van der Waals surface area contributed by atoms with Gasteiger partial charge in [-0.15, -0.1) is 0 Å². The lowest BCUT2D eigenvalue weighted by Gasteiger charge is -2.18. The van der Waals surface area contributed by atoms with E-state index in [4.69, 9.17) is 23.7 Å². The molecule has 125 heavy (non-hydrogen) atoms. The first-order valence-corrected chi connectivity index (χ1v) is 38.2. The van der Waals surface area contributed by atoms with Gasteiger partial charge in [0.15, 0.2) is 40.7 Å². The molecule has 0 fully saturated rings. The molecule has 0 aliphatic carbocycles. The van der Waals surface area contributed by atoms with Gasteiger partial charge in [-0.2, -0.15) is 19.9 Å². The number of carbonyl (C=O) groups excluding carboxylic acids is 5. The Balaban J connectivity index is 0.000000189. The van der Waals surface area contributed by atoms with Gasteiger partial charge in [0.1, 0.15) is 42.0 Å². The minimum Gasteiger partial charge on any atom is -0.497 e. The highest BCUT2D eigenvalue weighted by molar-refractivity contribution is 6.01. The van der Waals surface area contributed by atoms with Crippen LogP contribution in [-0.2, 0) is 37.0 Å². The SMILES string of the molecule is C=CC(=O)N(C)Cc1ccc(Nc2nc(Nc3cccc(OC)c3)ncc2F)cc1.C=CC(=O)N(C)Cc1cccc(Nc2nc(Nc3cccc(OC)c3)ncc2F)c1.C=CC(=O)Nc1cccc(Nc2nc(Nc3ccc(OCCOC)cc3)ncc2C(C)=O)c1.C=CC(=O)Nc1cccc(Nc2nc(Nc3cccc(OCC(C)(C)O)c3)ncc2F)c1. The van der Waals surface area contributed by atoms with Crippen LogP contribution in [0.1, 0.15) is 42.3 Å². The zero-order valence-corrected chi connectivity index (χ0v) is 69.6. The number of hydrogen-bond donors (Lipinski definition) is 11. The van der Waals surface area contributed by atoms with E-state index >= 15 is 0 Å². The number of rotatable bonds is 36. The number of likely N-dealkylation sites (N-methyl/N-ethyl adjacent to an activating group) is 2. The maximum atomic E-state index is 14.3. The van der Waals surface area contributed by atoms with Gasteiger partial charge in [-0.05, 0) is 178 Å². The summed E-state index contributed by atoms with van der Waals surface area (Å²) in [5.74, 6) is 0.976. The van der Waals surface area contributed by atoms with Crippen molar-refractivity contribution in [2.45, 2.75) is 39.5 Å². The van der Waals surface area contributed by atoms with Crippen LogP contribution in [0.25, 0.3) is 0 Å². The van der Waals surface area contributed by atoms with Crippen molar-refractivity contribution in [3.05, 3.63) is 304 Å². The van der Waals surface area contributed by atoms with Crippen LogP contribution in [-0.4, -0.2) is 145 Å². The maximum absolute atomic E-state index is 14.3. The Morgan fingerprint density at radius 2 is 0.760 bits per heavy atom. The molecule has 0 aliphatic heterocycles. The number of hydrogen-bond acceptors (Lipinski definition) is 27. The van der Waals surface area contributed by atoms with Gasteiger partial charge in [0.25, 0.3) is 0 Å². The van der Waals surface area contributed by atoms with Crippen LogP contribution in [0.2, 0.25) is 0 Å². The molecule has 0 spiro atoms. The molecular formula is C91H93F3N20O11. The number of anilines is 18. The van der Waals surface area contributed by atoms with Crippen molar-refractivity contribution >= 4 is 133 Å². The van der Waals surface area contributed by atoms with Gasteiger partial charge >= 0.3 is 0 Å². The normalized spacial score (nSPS) is 10.4. The molecule has 12 rings (SSSR count). The van der Waals surface area contributed by atoms with Crippen LogP contribution < -0.4 is 72.1 Å². The third kappa shape index (κ3) is 30.6. The number of Topliss-reactive ketones (excluding diaryl/α,β-unsaturated/α-hetero) is 1. The number of benzene rings is 8. The molecule has 0 atom stereocenters. The number of nitrogens with zero attached hydrogens (tertiary/aromatic N) is 10. The van der Waals surface area contributed by atoms with Crippen molar-refractivity contribution in [2.24, 2.45) is 0 Å². The first-order chi connectivity index (χ1) is 60.1. The van der Waals surface area contributed by atoms with E-state index in [9.17, 15) is 42.3 Å². The second-order valence-corrected chi connectivity index (χ2v) is 27.4. The van der Waals surface area contributed by atoms with Crippen molar-refractivity contribution in [1.29, 1.82) is 0 Å². The summed E-state index contributed by atoms with van der Waals surface area (Å²) < 4.78 is 69.3. The summed E-state index contributed by atoms with van der Waals surface area (Å²) in [4.78, 5) is 94.8. The number of amides is 4. The Morgan fingerprint density at radius 1 is 0.400 bits per heavy atom. The average Bonchev–Trinajstić information content (AvgIpc) is 0.827. The molecule has 4 heterocycles. The van der Waals surface area contributed by atoms with Gasteiger partial charge in [0.05, 0.1) is 50.6 Å². The number of carbonyl (C=O) groups is 5. The highest BCUT2D eigenvalue weighted by Gasteiger charge is 2.19. The van der Waals surface area contributed by atoms with E-state index in [1.807, 2.05) is 91.0 Å². The third-order valence-corrected chi connectivity index (χ3v) is 16.9. The lowest BCUT2D eigenvalue weighted by Crippen LogP contribution is -2.27. The summed E-state index contributed by atoms with van der Waals surface area (Å²) >= 11 is 0. The first-order valence-electron chi connectivity index (χ1n) is 38.2. The third-order valence-electron chi connectivity index (χ3n) is 16.9. The van der Waals surface area contributed by atoms with Crippen LogP contribution >= 0.6 is 0 Å². The summed E-state index contributed by atoms with van der Waals surface area (Å²) in [5, 5.41) is 39.2. The molecule has 0 aliphatic rings. The molecule has 0 radical (unpaired) electrons. The molecule has 11 N–H and O–H groups in total. The predicted octanol–water partition coefficient (Wildman–Crippen LogP) is 17.2. The Hall–Kier alpha value is -16.1. The fourth-order valence-corrected chi connectivity index (χ4v) is 10.8. The van der Waals surface area contributed by atoms with Crippen LogP contribution in [0.4, 0.5) is 117 Å². The highest BCUT2D eigenvalue weighted by atomic mass is 19.1. The number of methoxy groups -OCH3 is 3. The summed E-state index contributed by atoms with van der Waals surface area (Å²) in [6.45, 7) is 20.5. The second-order valence-electron chi connectivity index (χ2n) is 27.4. The summed E-state index contributed by atoms with van der Waals surface area (Å²) in [6.07, 6.45) is 9.59. The van der Waals surface area contributed by atoms with E-state index in [-0.39, 0.29) is 71.3 Å². The molecule has 34 heteroatoms. The van der Waals surface area contributed by atoms with Gasteiger partial charge in [-0.3, -0.25) is 24.0 Å². The number of aromatic nitrogens is 8. The van der Waals surface area contributed by atoms with Crippen LogP contribution in [0, 0.1) is 17.5 Å². The number of aliphatic hydroxyl groups is 1. The molecule has 8 aromatic carbocycles. The summed E-state index contributed by atoms with van der Waals surface area (Å²) in [6, 6.07) is 57.2. The Kier molecular flexibility index (Phi) is 34.5. The quantitative estimate of drug-likeness (QED) is 0.00987. The van der Waals surface area contributed by atoms with Gasteiger partial charge in [-0.25, -0.2) is 33.1 Å². The highest BCUT2D eigenvalue weighted by Crippen LogP contribution is 2.31. The zero-order valence-electron chi connectivity index (χ0n) is 69.6. The topological polar surface area (TPSA) is 382 Å². The summed E-state index contributed by atoms with van der Waals surface area (Å²) in [5.41, 5.74) is 7.55. The van der Waals surface area contributed by atoms with E-state index in [0.717, 1.165) is 52.9 Å². The monoisotopic (exact) mass is 1700 g/mol. The van der Waals surface area contributed by atoms with Gasteiger partial charge in [-0.1, -0.05) is 80.9 Å². The lowest BCUT2D eigenvalue weighted by atomic mass is 10.2. The Morgan fingerprint density at radius 3 is 1.19 bits per heavy atom.